The lowest BCUT2D eigenvalue weighted by molar-refractivity contribution is 0.226. The van der Waals surface area contributed by atoms with Crippen molar-refractivity contribution in [3.05, 3.63) is 17.3 Å². The summed E-state index contributed by atoms with van der Waals surface area (Å²) in [4.78, 5) is 8.34. The Bertz CT molecular complexity index is 598. The maximum Gasteiger partial charge on any atom is 0.195 e. The molecule has 2 N–H and O–H groups in total. The van der Waals surface area contributed by atoms with E-state index in [-0.39, 0.29) is 0 Å². The molecule has 1 aliphatic heterocycles. The van der Waals surface area contributed by atoms with Crippen LogP contribution in [0.5, 0.6) is 0 Å². The maximum atomic E-state index is 5.96. The molecule has 20 heavy (non-hydrogen) atoms. The summed E-state index contributed by atoms with van der Waals surface area (Å²) in [5.74, 6) is 1.13. The van der Waals surface area contributed by atoms with Crippen LogP contribution in [0, 0.1) is 5.41 Å². The molecule has 108 valence electrons. The molecule has 2 fully saturated rings. The molecule has 2 aliphatic rings. The van der Waals surface area contributed by atoms with Crippen LogP contribution in [-0.2, 0) is 6.54 Å². The van der Waals surface area contributed by atoms with Crippen molar-refractivity contribution in [1.29, 1.82) is 0 Å². The molecule has 1 saturated heterocycles. The number of nitrogens with two attached hydrogens (primary N) is 1. The van der Waals surface area contributed by atoms with E-state index < -0.39 is 0 Å². The summed E-state index contributed by atoms with van der Waals surface area (Å²) >= 11 is 1.69. The van der Waals surface area contributed by atoms with Gasteiger partial charge in [0.2, 0.25) is 0 Å². The quantitative estimate of drug-likeness (QED) is 0.925. The smallest absolute Gasteiger partial charge is 0.195 e. The van der Waals surface area contributed by atoms with E-state index in [9.17, 15) is 0 Å². The minimum Gasteiger partial charge on any atom is -0.355 e. The number of imidazole rings is 1. The van der Waals surface area contributed by atoms with Crippen LogP contribution in [0.4, 0.5) is 5.82 Å². The van der Waals surface area contributed by atoms with Gasteiger partial charge in [0.15, 0.2) is 10.8 Å². The van der Waals surface area contributed by atoms with E-state index in [1.54, 1.807) is 11.3 Å². The fraction of sp³-hybridized carbons (Fsp3) is 0.667. The first-order valence-electron chi connectivity index (χ1n) is 7.71. The summed E-state index contributed by atoms with van der Waals surface area (Å²) in [6.45, 7) is 2.87. The Labute approximate surface area is 123 Å². The number of piperidine rings is 1. The molecular formula is C15H22N4S. The number of hydrogen-bond donors (Lipinski definition) is 1. The molecular weight excluding hydrogens is 268 g/mol. The molecule has 4 rings (SSSR count). The highest BCUT2D eigenvalue weighted by molar-refractivity contribution is 7.15. The molecule has 4 nitrogen and oxygen atoms in total. The Morgan fingerprint density at radius 1 is 1.20 bits per heavy atom. The highest BCUT2D eigenvalue weighted by Gasteiger charge is 2.37. The van der Waals surface area contributed by atoms with Crippen molar-refractivity contribution in [3.8, 4) is 0 Å². The van der Waals surface area contributed by atoms with Gasteiger partial charge in [0.05, 0.1) is 5.69 Å². The average Bonchev–Trinajstić information content (AvgIpc) is 3.15. The number of nitrogens with zero attached hydrogens (tertiary/aromatic N) is 3. The summed E-state index contributed by atoms with van der Waals surface area (Å²) in [5, 5.41) is 2.08. The van der Waals surface area contributed by atoms with Crippen molar-refractivity contribution < 1.29 is 0 Å². The summed E-state index contributed by atoms with van der Waals surface area (Å²) in [5.41, 5.74) is 7.79. The van der Waals surface area contributed by atoms with Gasteiger partial charge >= 0.3 is 0 Å². The highest BCUT2D eigenvalue weighted by atomic mass is 32.1. The average molecular weight is 290 g/mol. The fourth-order valence-electron chi connectivity index (χ4n) is 4.08. The predicted molar refractivity (Wildman–Crippen MR) is 83.3 cm³/mol. The number of hydrogen-bond acceptors (Lipinski definition) is 4. The molecule has 0 unspecified atom stereocenters. The SMILES string of the molecule is NCc1c(N2CCC3(CCCC3)CC2)nc2sccn12. The molecule has 5 heteroatoms. The van der Waals surface area contributed by atoms with E-state index in [0.717, 1.165) is 23.9 Å². The van der Waals surface area contributed by atoms with Crippen molar-refractivity contribution in [3.63, 3.8) is 0 Å². The Hall–Kier alpha value is -1.07. The zero-order valence-corrected chi connectivity index (χ0v) is 12.7. The van der Waals surface area contributed by atoms with E-state index in [2.05, 4.69) is 20.9 Å². The molecule has 2 aromatic rings. The zero-order chi connectivity index (χ0) is 13.6. The number of aromatic nitrogens is 2. The second-order valence-corrected chi connectivity index (χ2v) is 7.21. The Morgan fingerprint density at radius 3 is 2.65 bits per heavy atom. The molecule has 0 atom stereocenters. The van der Waals surface area contributed by atoms with E-state index in [1.807, 2.05) is 0 Å². The lowest BCUT2D eigenvalue weighted by Crippen LogP contribution is -2.39. The predicted octanol–water partition coefficient (Wildman–Crippen LogP) is 3.02. The third-order valence-electron chi connectivity index (χ3n) is 5.32. The Kier molecular flexibility index (Phi) is 3.00. The number of rotatable bonds is 2. The van der Waals surface area contributed by atoms with Gasteiger partial charge in [0, 0.05) is 31.2 Å². The number of thiazole rings is 1. The van der Waals surface area contributed by atoms with Crippen molar-refractivity contribution in [2.24, 2.45) is 11.1 Å². The molecule has 1 aliphatic carbocycles. The van der Waals surface area contributed by atoms with Gasteiger partial charge in [-0.3, -0.25) is 4.40 Å². The molecule has 1 saturated carbocycles. The summed E-state index contributed by atoms with van der Waals surface area (Å²) < 4.78 is 2.15. The first kappa shape index (κ1) is 12.7. The maximum absolute atomic E-state index is 5.96. The topological polar surface area (TPSA) is 46.6 Å². The lowest BCUT2D eigenvalue weighted by atomic mass is 9.77. The molecule has 2 aromatic heterocycles. The minimum atomic E-state index is 0.564. The van der Waals surface area contributed by atoms with Gasteiger partial charge in [-0.25, -0.2) is 4.98 Å². The van der Waals surface area contributed by atoms with E-state index in [0.29, 0.717) is 12.0 Å². The van der Waals surface area contributed by atoms with Gasteiger partial charge in [-0.05, 0) is 31.1 Å². The normalized spacial score (nSPS) is 22.1. The van der Waals surface area contributed by atoms with Gasteiger partial charge in [0.25, 0.3) is 0 Å². The second-order valence-electron chi connectivity index (χ2n) is 6.34. The highest BCUT2D eigenvalue weighted by Crippen LogP contribution is 2.46. The van der Waals surface area contributed by atoms with Crippen molar-refractivity contribution in [1.82, 2.24) is 9.38 Å². The largest absolute Gasteiger partial charge is 0.355 e. The second kappa shape index (κ2) is 4.74. The van der Waals surface area contributed by atoms with E-state index in [1.165, 1.54) is 44.2 Å². The van der Waals surface area contributed by atoms with Crippen molar-refractivity contribution in [2.75, 3.05) is 18.0 Å². The molecule has 3 heterocycles. The molecule has 1 spiro atoms. The lowest BCUT2D eigenvalue weighted by Gasteiger charge is -2.39. The number of anilines is 1. The van der Waals surface area contributed by atoms with Crippen LogP contribution >= 0.6 is 11.3 Å². The van der Waals surface area contributed by atoms with E-state index >= 15 is 0 Å². The minimum absolute atomic E-state index is 0.564. The van der Waals surface area contributed by atoms with Crippen molar-refractivity contribution >= 4 is 22.1 Å². The Morgan fingerprint density at radius 2 is 1.95 bits per heavy atom. The third kappa shape index (κ3) is 1.87. The van der Waals surface area contributed by atoms with Crippen LogP contribution in [0.1, 0.15) is 44.2 Å². The first-order chi connectivity index (χ1) is 9.81. The standard InChI is InChI=1S/C15H22N4S/c16-11-12-13(17-14-19(12)9-10-20-14)18-7-5-15(6-8-18)3-1-2-4-15/h9-10H,1-8,11,16H2. The summed E-state index contributed by atoms with van der Waals surface area (Å²) in [6.07, 6.45) is 10.5. The van der Waals surface area contributed by atoms with Gasteiger partial charge < -0.3 is 10.6 Å². The van der Waals surface area contributed by atoms with Crippen molar-refractivity contribution in [2.45, 2.75) is 45.1 Å². The van der Waals surface area contributed by atoms with Crippen LogP contribution < -0.4 is 10.6 Å². The zero-order valence-electron chi connectivity index (χ0n) is 11.8. The van der Waals surface area contributed by atoms with Crippen LogP contribution in [0.3, 0.4) is 0 Å². The van der Waals surface area contributed by atoms with Crippen LogP contribution in [0.2, 0.25) is 0 Å². The van der Waals surface area contributed by atoms with Crippen LogP contribution in [-0.4, -0.2) is 22.5 Å². The van der Waals surface area contributed by atoms with Gasteiger partial charge in [-0.2, -0.15) is 0 Å². The molecule has 0 radical (unpaired) electrons. The van der Waals surface area contributed by atoms with Crippen LogP contribution in [0.25, 0.3) is 4.96 Å². The summed E-state index contributed by atoms with van der Waals surface area (Å²) in [7, 11) is 0. The number of fused-ring (bicyclic) bond motifs is 1. The summed E-state index contributed by atoms with van der Waals surface area (Å²) in [6, 6.07) is 0. The Balaban J connectivity index is 1.59. The monoisotopic (exact) mass is 290 g/mol. The van der Waals surface area contributed by atoms with Crippen LogP contribution in [0.15, 0.2) is 11.6 Å². The fourth-order valence-corrected chi connectivity index (χ4v) is 4.81. The first-order valence-corrected chi connectivity index (χ1v) is 8.59. The third-order valence-corrected chi connectivity index (χ3v) is 6.08. The van der Waals surface area contributed by atoms with Gasteiger partial charge in [0.1, 0.15) is 0 Å². The van der Waals surface area contributed by atoms with E-state index in [4.69, 9.17) is 10.7 Å². The molecule has 0 amide bonds. The molecule has 0 bridgehead atoms. The van der Waals surface area contributed by atoms with Gasteiger partial charge in [-0.1, -0.05) is 12.8 Å². The van der Waals surface area contributed by atoms with Gasteiger partial charge in [-0.15, -0.1) is 11.3 Å². The molecule has 0 aromatic carbocycles.